The molecule has 2 unspecified atom stereocenters. The highest BCUT2D eigenvalue weighted by atomic mass is 16.6. The molecule has 0 radical (unpaired) electrons. The maximum Gasteiger partial charge on any atom is 0.409 e. The standard InChI is InChI=1S/C35H46N8O8/c1-2-50-35(49)41-18-16-40(17-19-41)34(48)27(21-36-31(45)23-13-14-23)38-32(46)26-20-30(43(39-26)25-10-4-3-5-11-25)51-22-29(44)42-15-7-12-28(42)33(47)37-24-8-6-9-24/h3-5,10-11,20,23-24,27-28H,2,6-9,12-19,21-22H2,1H3,(H,36,45)(H,37,47)(H,38,46). The lowest BCUT2D eigenvalue weighted by atomic mass is 9.93. The van der Waals surface area contributed by atoms with Gasteiger partial charge in [-0.3, -0.25) is 24.0 Å². The van der Waals surface area contributed by atoms with Gasteiger partial charge in [-0.1, -0.05) is 18.2 Å². The number of ether oxygens (including phenoxy) is 2. The van der Waals surface area contributed by atoms with Gasteiger partial charge in [0.1, 0.15) is 12.1 Å². The summed E-state index contributed by atoms with van der Waals surface area (Å²) in [4.78, 5) is 83.0. The van der Waals surface area contributed by atoms with E-state index in [1.165, 1.54) is 15.6 Å². The Labute approximate surface area is 296 Å². The summed E-state index contributed by atoms with van der Waals surface area (Å²) in [5.41, 5.74) is 0.500. The summed E-state index contributed by atoms with van der Waals surface area (Å²) in [6.45, 7) is 2.91. The molecule has 3 heterocycles. The van der Waals surface area contributed by atoms with Crippen molar-refractivity contribution in [1.82, 2.24) is 40.4 Å². The van der Waals surface area contributed by atoms with Crippen LogP contribution >= 0.6 is 0 Å². The molecule has 0 bridgehead atoms. The van der Waals surface area contributed by atoms with Crippen LogP contribution < -0.4 is 20.7 Å². The fourth-order valence-corrected chi connectivity index (χ4v) is 6.41. The second-order valence-electron chi connectivity index (χ2n) is 13.3. The lowest BCUT2D eigenvalue weighted by Crippen LogP contribution is -2.58. The highest BCUT2D eigenvalue weighted by Gasteiger charge is 2.37. The Hall–Kier alpha value is -5.15. The van der Waals surface area contributed by atoms with Gasteiger partial charge in [0.2, 0.25) is 23.6 Å². The molecule has 4 fully saturated rings. The molecule has 2 saturated carbocycles. The van der Waals surface area contributed by atoms with E-state index in [4.69, 9.17) is 9.47 Å². The maximum atomic E-state index is 13.7. The Morgan fingerprint density at radius 3 is 2.27 bits per heavy atom. The van der Waals surface area contributed by atoms with Gasteiger partial charge in [-0.05, 0) is 64.0 Å². The number of likely N-dealkylation sites (tertiary alicyclic amines) is 1. The summed E-state index contributed by atoms with van der Waals surface area (Å²) in [6.07, 6.45) is 5.39. The van der Waals surface area contributed by atoms with E-state index in [1.807, 2.05) is 6.07 Å². The topological polar surface area (TPSA) is 185 Å². The number of piperazine rings is 1. The van der Waals surface area contributed by atoms with Crippen LogP contribution in [0.15, 0.2) is 36.4 Å². The highest BCUT2D eigenvalue weighted by molar-refractivity contribution is 5.97. The van der Waals surface area contributed by atoms with Crippen LogP contribution in [0.3, 0.4) is 0 Å². The Kier molecular flexibility index (Phi) is 11.4. The largest absolute Gasteiger partial charge is 0.467 e. The molecule has 1 aromatic heterocycles. The van der Waals surface area contributed by atoms with E-state index in [0.717, 1.165) is 32.1 Å². The molecule has 16 nitrogen and oxygen atoms in total. The van der Waals surface area contributed by atoms with Crippen molar-refractivity contribution in [3.8, 4) is 11.6 Å². The monoisotopic (exact) mass is 706 g/mol. The van der Waals surface area contributed by atoms with Crippen molar-refractivity contribution < 1.29 is 38.2 Å². The molecular weight excluding hydrogens is 660 g/mol. The van der Waals surface area contributed by atoms with Crippen molar-refractivity contribution in [3.63, 3.8) is 0 Å². The van der Waals surface area contributed by atoms with Crippen LogP contribution in [0.5, 0.6) is 5.88 Å². The summed E-state index contributed by atoms with van der Waals surface area (Å²) in [6, 6.07) is 8.84. The first-order valence-corrected chi connectivity index (χ1v) is 17.9. The molecule has 3 N–H and O–H groups in total. The van der Waals surface area contributed by atoms with E-state index in [0.29, 0.717) is 25.1 Å². The number of benzene rings is 1. The third kappa shape index (κ3) is 8.78. The molecule has 4 aliphatic rings. The smallest absolute Gasteiger partial charge is 0.409 e. The molecule has 2 atom stereocenters. The van der Waals surface area contributed by atoms with E-state index in [9.17, 15) is 28.8 Å². The van der Waals surface area contributed by atoms with Crippen molar-refractivity contribution >= 4 is 35.6 Å². The van der Waals surface area contributed by atoms with Crippen molar-refractivity contribution in [2.75, 3.05) is 52.5 Å². The van der Waals surface area contributed by atoms with Crippen molar-refractivity contribution in [3.05, 3.63) is 42.1 Å². The maximum absolute atomic E-state index is 13.7. The lowest BCUT2D eigenvalue weighted by molar-refractivity contribution is -0.140. The van der Waals surface area contributed by atoms with Crippen LogP contribution in [-0.2, 0) is 23.9 Å². The van der Waals surface area contributed by atoms with Crippen LogP contribution in [0.1, 0.15) is 62.4 Å². The van der Waals surface area contributed by atoms with Crippen LogP contribution in [0, 0.1) is 5.92 Å². The predicted octanol–water partition coefficient (Wildman–Crippen LogP) is 0.836. The van der Waals surface area contributed by atoms with Crippen LogP contribution in [-0.4, -0.2) is 131 Å². The Morgan fingerprint density at radius 1 is 0.882 bits per heavy atom. The molecule has 6 amide bonds. The number of carbonyl (C=O) groups excluding carboxylic acids is 6. The first kappa shape index (κ1) is 35.7. The zero-order valence-corrected chi connectivity index (χ0v) is 28.9. The average Bonchev–Trinajstić information content (AvgIpc) is 3.70. The van der Waals surface area contributed by atoms with Crippen molar-refractivity contribution in [1.29, 1.82) is 0 Å². The number of amides is 6. The van der Waals surface area contributed by atoms with Gasteiger partial charge >= 0.3 is 6.09 Å². The summed E-state index contributed by atoms with van der Waals surface area (Å²) >= 11 is 0. The van der Waals surface area contributed by atoms with E-state index in [1.54, 1.807) is 41.0 Å². The number of nitrogens with one attached hydrogen (secondary N) is 3. The van der Waals surface area contributed by atoms with E-state index in [2.05, 4.69) is 21.0 Å². The molecule has 1 aromatic carbocycles. The SMILES string of the molecule is CCOC(=O)N1CCN(C(=O)C(CNC(=O)C2CC2)NC(=O)c2cc(OCC(=O)N3CCCC3C(=O)NC3CCC3)n(-c3ccccc3)n2)CC1. The molecule has 0 spiro atoms. The second kappa shape index (κ2) is 16.2. The minimum absolute atomic E-state index is 0.0707. The zero-order chi connectivity index (χ0) is 35.9. The van der Waals surface area contributed by atoms with Crippen LogP contribution in [0.4, 0.5) is 4.79 Å². The Morgan fingerprint density at radius 2 is 1.61 bits per heavy atom. The first-order chi connectivity index (χ1) is 24.7. The van der Waals surface area contributed by atoms with E-state index < -0.39 is 30.0 Å². The number of aromatic nitrogens is 2. The number of hydrogen-bond acceptors (Lipinski definition) is 9. The van der Waals surface area contributed by atoms with Gasteiger partial charge < -0.3 is 40.1 Å². The third-order valence-electron chi connectivity index (χ3n) is 9.73. The van der Waals surface area contributed by atoms with Gasteiger partial charge in [-0.2, -0.15) is 5.10 Å². The minimum Gasteiger partial charge on any atom is -0.467 e. The fourth-order valence-electron chi connectivity index (χ4n) is 6.41. The molecular formula is C35H46N8O8. The van der Waals surface area contributed by atoms with Crippen LogP contribution in [0.25, 0.3) is 5.69 Å². The molecule has 274 valence electrons. The number of hydrogen-bond donors (Lipinski definition) is 3. The molecule has 6 rings (SSSR count). The van der Waals surface area contributed by atoms with E-state index in [-0.39, 0.29) is 87.2 Å². The third-order valence-corrected chi connectivity index (χ3v) is 9.73. The first-order valence-electron chi connectivity index (χ1n) is 17.9. The summed E-state index contributed by atoms with van der Waals surface area (Å²) < 4.78 is 12.4. The number of para-hydroxylation sites is 1. The van der Waals surface area contributed by atoms with Crippen molar-refractivity contribution in [2.24, 2.45) is 5.92 Å². The zero-order valence-electron chi connectivity index (χ0n) is 28.9. The van der Waals surface area contributed by atoms with Gasteiger partial charge in [0.15, 0.2) is 12.3 Å². The van der Waals surface area contributed by atoms with E-state index >= 15 is 0 Å². The van der Waals surface area contributed by atoms with Crippen LogP contribution in [0.2, 0.25) is 0 Å². The van der Waals surface area contributed by atoms with Crippen molar-refractivity contribution in [2.45, 2.75) is 70.0 Å². The molecule has 2 aliphatic carbocycles. The minimum atomic E-state index is -1.11. The summed E-state index contributed by atoms with van der Waals surface area (Å²) in [5, 5.41) is 13.0. The Balaban J connectivity index is 1.14. The molecule has 2 aliphatic heterocycles. The summed E-state index contributed by atoms with van der Waals surface area (Å²) in [5.74, 6) is -1.74. The number of nitrogens with zero attached hydrogens (tertiary/aromatic N) is 5. The lowest BCUT2D eigenvalue weighted by Gasteiger charge is -2.36. The highest BCUT2D eigenvalue weighted by Crippen LogP contribution is 2.29. The quantitative estimate of drug-likeness (QED) is 0.272. The Bertz CT molecular complexity index is 1600. The fraction of sp³-hybridized carbons (Fsp3) is 0.571. The predicted molar refractivity (Wildman–Crippen MR) is 182 cm³/mol. The second-order valence-corrected chi connectivity index (χ2v) is 13.3. The van der Waals surface area contributed by atoms with Gasteiger partial charge in [0.05, 0.1) is 12.3 Å². The molecule has 51 heavy (non-hydrogen) atoms. The molecule has 2 saturated heterocycles. The van der Waals surface area contributed by atoms with Gasteiger partial charge in [-0.25, -0.2) is 9.48 Å². The normalized spacial score (nSPS) is 19.5. The number of carbonyl (C=O) groups is 6. The van der Waals surface area contributed by atoms with Gasteiger partial charge in [0.25, 0.3) is 11.8 Å². The number of rotatable bonds is 13. The molecule has 2 aromatic rings. The summed E-state index contributed by atoms with van der Waals surface area (Å²) in [7, 11) is 0. The molecule has 16 heteroatoms. The average molecular weight is 707 g/mol. The van der Waals surface area contributed by atoms with Gasteiger partial charge in [0, 0.05) is 57.3 Å². The van der Waals surface area contributed by atoms with Gasteiger partial charge in [-0.15, -0.1) is 0 Å².